The molecule has 0 bridgehead atoms. The molecule has 2 unspecified atom stereocenters. The number of non-ortho nitro benzene ring substituents is 1. The first-order valence-electron chi connectivity index (χ1n) is 5.79. The summed E-state index contributed by atoms with van der Waals surface area (Å²) in [7, 11) is 0. The van der Waals surface area contributed by atoms with E-state index in [-0.39, 0.29) is 11.3 Å². The van der Waals surface area contributed by atoms with Crippen LogP contribution < -0.4 is 5.73 Å². The fraction of sp³-hybridized carbons (Fsp3) is 0.417. The van der Waals surface area contributed by atoms with E-state index >= 15 is 0 Å². The molecule has 0 aromatic heterocycles. The van der Waals surface area contributed by atoms with Gasteiger partial charge in [0.25, 0.3) is 5.69 Å². The summed E-state index contributed by atoms with van der Waals surface area (Å²) in [6.45, 7) is 2.01. The van der Waals surface area contributed by atoms with Gasteiger partial charge < -0.3 is 10.5 Å². The van der Waals surface area contributed by atoms with Gasteiger partial charge >= 0.3 is 0 Å². The molecule has 102 valence electrons. The number of nitrogens with zero attached hydrogens (tertiary/aromatic N) is 2. The molecule has 0 aliphatic carbocycles. The first-order chi connectivity index (χ1) is 8.92. The maximum atomic E-state index is 13.9. The Morgan fingerprint density at radius 3 is 3.05 bits per heavy atom. The molecule has 0 fully saturated rings. The molecule has 7 heteroatoms. The van der Waals surface area contributed by atoms with E-state index < -0.39 is 22.5 Å². The number of nitro groups is 1. The Balaban J connectivity index is 2.47. The first kappa shape index (κ1) is 13.6. The van der Waals surface area contributed by atoms with Crippen LogP contribution in [0.5, 0.6) is 0 Å². The van der Waals surface area contributed by atoms with E-state index in [4.69, 9.17) is 10.5 Å². The van der Waals surface area contributed by atoms with Crippen LogP contribution in [0.2, 0.25) is 0 Å². The predicted octanol–water partition coefficient (Wildman–Crippen LogP) is 1.72. The number of hydrogen-bond acceptors (Lipinski definition) is 5. The maximum Gasteiger partial charge on any atom is 0.270 e. The molecule has 2 rings (SSSR count). The largest absolute Gasteiger partial charge is 0.358 e. The van der Waals surface area contributed by atoms with Gasteiger partial charge in [-0.1, -0.05) is 0 Å². The first-order valence-corrected chi connectivity index (χ1v) is 5.79. The molecule has 1 aliphatic heterocycles. The van der Waals surface area contributed by atoms with Crippen LogP contribution >= 0.6 is 0 Å². The lowest BCUT2D eigenvalue weighted by Gasteiger charge is -2.24. The Hall–Kier alpha value is -1.86. The molecule has 1 heterocycles. The van der Waals surface area contributed by atoms with E-state index in [1.165, 1.54) is 12.3 Å². The standard InChI is InChI=1S/C12H14FN3O3/c1-12(4-5-19-11(14)7-15-12)9-6-8(16(17)18)2-3-10(9)13/h2-3,6-7,11H,4-5,14H2,1H3. The maximum absolute atomic E-state index is 13.9. The highest BCUT2D eigenvalue weighted by Gasteiger charge is 2.31. The van der Waals surface area contributed by atoms with Crippen molar-refractivity contribution < 1.29 is 14.1 Å². The summed E-state index contributed by atoms with van der Waals surface area (Å²) >= 11 is 0. The van der Waals surface area contributed by atoms with E-state index in [0.717, 1.165) is 12.1 Å². The summed E-state index contributed by atoms with van der Waals surface area (Å²) in [5.41, 5.74) is 4.68. The van der Waals surface area contributed by atoms with Gasteiger partial charge in [0, 0.05) is 23.9 Å². The number of halogens is 1. The SMILES string of the molecule is CC1(c2cc([N+](=O)[O-])ccc2F)CCOC(N)C=N1. The van der Waals surface area contributed by atoms with Gasteiger partial charge in [0.15, 0.2) is 0 Å². The second-order valence-electron chi connectivity index (χ2n) is 4.56. The van der Waals surface area contributed by atoms with Crippen LogP contribution in [0.4, 0.5) is 10.1 Å². The zero-order chi connectivity index (χ0) is 14.0. The summed E-state index contributed by atoms with van der Waals surface area (Å²) in [6.07, 6.45) is 1.16. The average Bonchev–Trinajstić information content (AvgIpc) is 2.52. The van der Waals surface area contributed by atoms with Gasteiger partial charge in [-0.25, -0.2) is 4.39 Å². The number of aliphatic imine (C=N–C) groups is 1. The molecule has 19 heavy (non-hydrogen) atoms. The molecule has 1 aromatic rings. The smallest absolute Gasteiger partial charge is 0.270 e. The summed E-state index contributed by atoms with van der Waals surface area (Å²) in [6, 6.07) is 3.42. The summed E-state index contributed by atoms with van der Waals surface area (Å²) < 4.78 is 19.1. The minimum Gasteiger partial charge on any atom is -0.358 e. The number of ether oxygens (including phenoxy) is 1. The van der Waals surface area contributed by atoms with E-state index in [2.05, 4.69) is 4.99 Å². The van der Waals surface area contributed by atoms with Crippen LogP contribution in [0.3, 0.4) is 0 Å². The van der Waals surface area contributed by atoms with E-state index in [1.54, 1.807) is 6.92 Å². The molecular weight excluding hydrogens is 253 g/mol. The third-order valence-electron chi connectivity index (χ3n) is 3.15. The minimum absolute atomic E-state index is 0.165. The van der Waals surface area contributed by atoms with Gasteiger partial charge in [-0.15, -0.1) is 0 Å². The van der Waals surface area contributed by atoms with Crippen molar-refractivity contribution in [2.75, 3.05) is 6.61 Å². The highest BCUT2D eigenvalue weighted by Crippen LogP contribution is 2.34. The summed E-state index contributed by atoms with van der Waals surface area (Å²) in [5.74, 6) is -0.527. The Morgan fingerprint density at radius 2 is 2.37 bits per heavy atom. The quantitative estimate of drug-likeness (QED) is 0.652. The van der Waals surface area contributed by atoms with Crippen molar-refractivity contribution in [1.82, 2.24) is 0 Å². The molecule has 1 aliphatic rings. The van der Waals surface area contributed by atoms with Crippen molar-refractivity contribution >= 4 is 11.9 Å². The van der Waals surface area contributed by atoms with Crippen LogP contribution in [0.1, 0.15) is 18.9 Å². The van der Waals surface area contributed by atoms with E-state index in [0.29, 0.717) is 13.0 Å². The van der Waals surface area contributed by atoms with Crippen molar-refractivity contribution in [1.29, 1.82) is 0 Å². The lowest BCUT2D eigenvalue weighted by atomic mass is 9.89. The molecule has 6 nitrogen and oxygen atoms in total. The zero-order valence-electron chi connectivity index (χ0n) is 10.4. The predicted molar refractivity (Wildman–Crippen MR) is 67.4 cm³/mol. The molecule has 0 spiro atoms. The van der Waals surface area contributed by atoms with Crippen molar-refractivity contribution in [3.8, 4) is 0 Å². The third-order valence-corrected chi connectivity index (χ3v) is 3.15. The van der Waals surface area contributed by atoms with E-state index in [9.17, 15) is 14.5 Å². The van der Waals surface area contributed by atoms with Crippen LogP contribution in [0, 0.1) is 15.9 Å². The molecule has 0 amide bonds. The van der Waals surface area contributed by atoms with Crippen molar-refractivity contribution in [2.45, 2.75) is 25.1 Å². The summed E-state index contributed by atoms with van der Waals surface area (Å²) in [5, 5.41) is 10.8. The molecule has 0 radical (unpaired) electrons. The molecule has 1 aromatic carbocycles. The van der Waals surface area contributed by atoms with Gasteiger partial charge in [-0.2, -0.15) is 0 Å². The van der Waals surface area contributed by atoms with Crippen LogP contribution in [-0.4, -0.2) is 24.0 Å². The lowest BCUT2D eigenvalue weighted by molar-refractivity contribution is -0.385. The molecule has 0 saturated carbocycles. The Morgan fingerprint density at radius 1 is 1.63 bits per heavy atom. The topological polar surface area (TPSA) is 90.8 Å². The number of rotatable bonds is 2. The van der Waals surface area contributed by atoms with Crippen molar-refractivity contribution in [3.05, 3.63) is 39.7 Å². The minimum atomic E-state index is -0.912. The van der Waals surface area contributed by atoms with Crippen LogP contribution in [0.15, 0.2) is 23.2 Å². The number of benzene rings is 1. The fourth-order valence-electron chi connectivity index (χ4n) is 1.98. The molecular formula is C12H14FN3O3. The lowest BCUT2D eigenvalue weighted by Crippen LogP contribution is -2.24. The van der Waals surface area contributed by atoms with Gasteiger partial charge in [0.2, 0.25) is 0 Å². The van der Waals surface area contributed by atoms with Crippen LogP contribution in [-0.2, 0) is 10.3 Å². The molecule has 2 N–H and O–H groups in total. The number of nitrogens with two attached hydrogens (primary N) is 1. The van der Waals surface area contributed by atoms with E-state index in [1.807, 2.05) is 0 Å². The molecule has 2 atom stereocenters. The average molecular weight is 267 g/mol. The second kappa shape index (κ2) is 5.02. The van der Waals surface area contributed by atoms with Crippen molar-refractivity contribution in [3.63, 3.8) is 0 Å². The number of hydrogen-bond donors (Lipinski definition) is 1. The summed E-state index contributed by atoms with van der Waals surface area (Å²) in [4.78, 5) is 14.4. The highest BCUT2D eigenvalue weighted by atomic mass is 19.1. The Bertz CT molecular complexity index is 535. The van der Waals surface area contributed by atoms with Gasteiger partial charge in [0.1, 0.15) is 12.0 Å². The van der Waals surface area contributed by atoms with Gasteiger partial charge in [0.05, 0.1) is 17.1 Å². The molecule has 0 saturated heterocycles. The van der Waals surface area contributed by atoms with Crippen molar-refractivity contribution in [2.24, 2.45) is 10.7 Å². The second-order valence-corrected chi connectivity index (χ2v) is 4.56. The third kappa shape index (κ3) is 2.77. The fourth-order valence-corrected chi connectivity index (χ4v) is 1.98. The monoisotopic (exact) mass is 267 g/mol. The van der Waals surface area contributed by atoms with Crippen LogP contribution in [0.25, 0.3) is 0 Å². The number of nitro benzene ring substituents is 1. The zero-order valence-corrected chi connectivity index (χ0v) is 10.4. The Kier molecular flexibility index (Phi) is 3.59. The van der Waals surface area contributed by atoms with Gasteiger partial charge in [-0.05, 0) is 19.4 Å². The highest BCUT2D eigenvalue weighted by molar-refractivity contribution is 5.63. The van der Waals surface area contributed by atoms with Gasteiger partial charge in [-0.3, -0.25) is 15.1 Å². The normalized spacial score (nSPS) is 27.0. The Labute approximate surface area is 109 Å².